The van der Waals surface area contributed by atoms with Gasteiger partial charge >= 0.3 is 0 Å². The normalized spacial score (nSPS) is 10.8. The molecule has 0 heterocycles. The first-order valence-electron chi connectivity index (χ1n) is 5.95. The lowest BCUT2D eigenvalue weighted by Gasteiger charge is -2.30. The maximum absolute atomic E-state index is 12.3. The largest absolute Gasteiger partial charge is 0.314 e. The van der Waals surface area contributed by atoms with E-state index in [4.69, 9.17) is 5.26 Å². The van der Waals surface area contributed by atoms with Crippen LogP contribution < -0.4 is 10.2 Å². The Bertz CT molecular complexity index is 474. The zero-order valence-corrected chi connectivity index (χ0v) is 11.3. The monoisotopic (exact) mass is 245 g/mol. The van der Waals surface area contributed by atoms with Crippen molar-refractivity contribution in [3.63, 3.8) is 0 Å². The third-order valence-electron chi connectivity index (χ3n) is 2.82. The first-order valence-corrected chi connectivity index (χ1v) is 5.95. The number of hydrogen-bond donors (Lipinski definition) is 1. The van der Waals surface area contributed by atoms with Crippen LogP contribution in [-0.2, 0) is 4.79 Å². The van der Waals surface area contributed by atoms with Crippen LogP contribution in [0.5, 0.6) is 0 Å². The number of likely N-dealkylation sites (N-methyl/N-ethyl adjacent to an activating group) is 2. The van der Waals surface area contributed by atoms with Crippen LogP contribution in [0.1, 0.15) is 26.3 Å². The van der Waals surface area contributed by atoms with Gasteiger partial charge in [-0.2, -0.15) is 5.26 Å². The van der Waals surface area contributed by atoms with E-state index in [0.29, 0.717) is 5.56 Å². The molecule has 0 aliphatic carbocycles. The molecule has 1 amide bonds. The molecule has 0 saturated carbocycles. The number of nitrogens with one attached hydrogen (secondary N) is 1. The molecule has 1 rings (SSSR count). The van der Waals surface area contributed by atoms with E-state index in [1.54, 1.807) is 30.1 Å². The number of amides is 1. The average Bonchev–Trinajstić information content (AvgIpc) is 2.37. The van der Waals surface area contributed by atoms with Crippen molar-refractivity contribution < 1.29 is 4.79 Å². The standard InChI is InChI=1S/C14H19N3O/c1-5-16-14(2,3)13(18)17(4)12-8-6-7-11(9-12)10-15/h6-9,16H,5H2,1-4H3. The van der Waals surface area contributed by atoms with Crippen LogP contribution >= 0.6 is 0 Å². The molecule has 18 heavy (non-hydrogen) atoms. The lowest BCUT2D eigenvalue weighted by atomic mass is 10.0. The summed E-state index contributed by atoms with van der Waals surface area (Å²) in [4.78, 5) is 13.9. The molecule has 0 spiro atoms. The second-order valence-corrected chi connectivity index (χ2v) is 4.68. The number of nitriles is 1. The SMILES string of the molecule is CCNC(C)(C)C(=O)N(C)c1cccc(C#N)c1. The fourth-order valence-electron chi connectivity index (χ4n) is 1.84. The summed E-state index contributed by atoms with van der Waals surface area (Å²) in [6.07, 6.45) is 0. The van der Waals surface area contributed by atoms with Crippen molar-refractivity contribution in [3.8, 4) is 6.07 Å². The van der Waals surface area contributed by atoms with Crippen LogP contribution in [0.3, 0.4) is 0 Å². The van der Waals surface area contributed by atoms with Gasteiger partial charge in [-0.15, -0.1) is 0 Å². The van der Waals surface area contributed by atoms with Gasteiger partial charge in [0.1, 0.15) is 0 Å². The van der Waals surface area contributed by atoms with Gasteiger partial charge in [0, 0.05) is 12.7 Å². The lowest BCUT2D eigenvalue weighted by molar-refractivity contribution is -0.123. The van der Waals surface area contributed by atoms with Gasteiger partial charge in [-0.25, -0.2) is 0 Å². The summed E-state index contributed by atoms with van der Waals surface area (Å²) in [5.74, 6) is -0.0283. The molecule has 0 bridgehead atoms. The fourth-order valence-corrected chi connectivity index (χ4v) is 1.84. The first kappa shape index (κ1) is 14.2. The molecule has 1 aromatic carbocycles. The van der Waals surface area contributed by atoms with Gasteiger partial charge < -0.3 is 10.2 Å². The predicted octanol–water partition coefficient (Wildman–Crippen LogP) is 1.91. The number of anilines is 1. The van der Waals surface area contributed by atoms with E-state index >= 15 is 0 Å². The Kier molecular flexibility index (Phi) is 4.46. The third kappa shape index (κ3) is 3.08. The zero-order chi connectivity index (χ0) is 13.8. The first-order chi connectivity index (χ1) is 8.42. The molecule has 0 saturated heterocycles. The minimum atomic E-state index is -0.619. The van der Waals surface area contributed by atoms with Crippen LogP contribution in [-0.4, -0.2) is 25.0 Å². The topological polar surface area (TPSA) is 56.1 Å². The highest BCUT2D eigenvalue weighted by Gasteiger charge is 2.29. The Morgan fingerprint density at radius 1 is 1.50 bits per heavy atom. The number of rotatable bonds is 4. The molecule has 1 aromatic rings. The van der Waals surface area contributed by atoms with E-state index in [9.17, 15) is 4.79 Å². The molecular formula is C14H19N3O. The van der Waals surface area contributed by atoms with Crippen molar-refractivity contribution in [1.82, 2.24) is 5.32 Å². The van der Waals surface area contributed by atoms with Crippen molar-refractivity contribution in [2.24, 2.45) is 0 Å². The van der Waals surface area contributed by atoms with Crippen LogP contribution in [0.15, 0.2) is 24.3 Å². The Balaban J connectivity index is 2.96. The maximum atomic E-state index is 12.3. The second kappa shape index (κ2) is 5.65. The smallest absolute Gasteiger partial charge is 0.246 e. The van der Waals surface area contributed by atoms with E-state index in [2.05, 4.69) is 11.4 Å². The number of benzene rings is 1. The second-order valence-electron chi connectivity index (χ2n) is 4.68. The van der Waals surface area contributed by atoms with Crippen molar-refractivity contribution >= 4 is 11.6 Å². The van der Waals surface area contributed by atoms with Crippen LogP contribution in [0, 0.1) is 11.3 Å². The average molecular weight is 245 g/mol. The van der Waals surface area contributed by atoms with E-state index in [-0.39, 0.29) is 5.91 Å². The molecule has 4 heteroatoms. The van der Waals surface area contributed by atoms with Crippen LogP contribution in [0.2, 0.25) is 0 Å². The highest BCUT2D eigenvalue weighted by atomic mass is 16.2. The summed E-state index contributed by atoms with van der Waals surface area (Å²) in [7, 11) is 1.72. The van der Waals surface area contributed by atoms with Crippen LogP contribution in [0.4, 0.5) is 5.69 Å². The number of carbonyl (C=O) groups is 1. The Morgan fingerprint density at radius 3 is 2.72 bits per heavy atom. The molecule has 0 unspecified atom stereocenters. The summed E-state index contributed by atoms with van der Waals surface area (Å²) in [6.45, 7) is 6.39. The Morgan fingerprint density at radius 2 is 2.17 bits per heavy atom. The predicted molar refractivity (Wildman–Crippen MR) is 72.3 cm³/mol. The summed E-state index contributed by atoms with van der Waals surface area (Å²) in [5.41, 5.74) is 0.657. The van der Waals surface area contributed by atoms with E-state index in [1.165, 1.54) is 0 Å². The van der Waals surface area contributed by atoms with Crippen molar-refractivity contribution in [2.45, 2.75) is 26.3 Å². The molecule has 0 aromatic heterocycles. The lowest BCUT2D eigenvalue weighted by Crippen LogP contribution is -2.53. The molecule has 0 aliphatic rings. The van der Waals surface area contributed by atoms with E-state index in [0.717, 1.165) is 12.2 Å². The van der Waals surface area contributed by atoms with E-state index < -0.39 is 5.54 Å². The minimum absolute atomic E-state index is 0.0283. The van der Waals surface area contributed by atoms with Gasteiger partial charge in [0.05, 0.1) is 17.2 Å². The molecule has 4 nitrogen and oxygen atoms in total. The van der Waals surface area contributed by atoms with Gasteiger partial charge in [-0.3, -0.25) is 4.79 Å². The Hall–Kier alpha value is -1.86. The quantitative estimate of drug-likeness (QED) is 0.881. The molecular weight excluding hydrogens is 226 g/mol. The maximum Gasteiger partial charge on any atom is 0.246 e. The van der Waals surface area contributed by atoms with Crippen LogP contribution in [0.25, 0.3) is 0 Å². The Labute approximate surface area is 108 Å². The summed E-state index contributed by atoms with van der Waals surface area (Å²) < 4.78 is 0. The highest BCUT2D eigenvalue weighted by molar-refractivity contribution is 5.99. The number of nitrogens with zero attached hydrogens (tertiary/aromatic N) is 2. The van der Waals surface area contributed by atoms with Gasteiger partial charge in [0.25, 0.3) is 0 Å². The zero-order valence-electron chi connectivity index (χ0n) is 11.3. The van der Waals surface area contributed by atoms with E-state index in [1.807, 2.05) is 26.8 Å². The molecule has 0 atom stereocenters. The summed E-state index contributed by atoms with van der Waals surface area (Å²) >= 11 is 0. The third-order valence-corrected chi connectivity index (χ3v) is 2.82. The van der Waals surface area contributed by atoms with Crippen molar-refractivity contribution in [1.29, 1.82) is 5.26 Å². The summed E-state index contributed by atoms with van der Waals surface area (Å²) in [5, 5.41) is 12.0. The molecule has 0 radical (unpaired) electrons. The summed E-state index contributed by atoms with van der Waals surface area (Å²) in [6, 6.07) is 9.10. The molecule has 0 fully saturated rings. The highest BCUT2D eigenvalue weighted by Crippen LogP contribution is 2.18. The molecule has 1 N–H and O–H groups in total. The van der Waals surface area contributed by atoms with Crippen molar-refractivity contribution in [2.75, 3.05) is 18.5 Å². The fraction of sp³-hybridized carbons (Fsp3) is 0.429. The molecule has 0 aliphatic heterocycles. The number of hydrogen-bond acceptors (Lipinski definition) is 3. The van der Waals surface area contributed by atoms with Gasteiger partial charge in [0.15, 0.2) is 0 Å². The number of carbonyl (C=O) groups excluding carboxylic acids is 1. The van der Waals surface area contributed by atoms with Crippen molar-refractivity contribution in [3.05, 3.63) is 29.8 Å². The van der Waals surface area contributed by atoms with Gasteiger partial charge in [-0.05, 0) is 38.6 Å². The molecule has 96 valence electrons. The van der Waals surface area contributed by atoms with Gasteiger partial charge in [-0.1, -0.05) is 13.0 Å². The minimum Gasteiger partial charge on any atom is -0.314 e. The van der Waals surface area contributed by atoms with Gasteiger partial charge in [0.2, 0.25) is 5.91 Å².